The number of alkyl halides is 2. The van der Waals surface area contributed by atoms with Crippen LogP contribution in [0.3, 0.4) is 0 Å². The van der Waals surface area contributed by atoms with E-state index in [9.17, 15) is 8.78 Å². The Balaban J connectivity index is 0.000000158. The van der Waals surface area contributed by atoms with E-state index in [-0.39, 0.29) is 30.4 Å². The predicted octanol–water partition coefficient (Wildman–Crippen LogP) is 7.39. The van der Waals surface area contributed by atoms with Crippen LogP contribution in [0.2, 0.25) is 0 Å². The van der Waals surface area contributed by atoms with E-state index in [2.05, 4.69) is 74.8 Å². The Morgan fingerprint density at radius 1 is 0.672 bits per heavy atom. The first-order chi connectivity index (χ1) is 29.6. The maximum Gasteiger partial charge on any atom is 0.290 e. The second-order valence-corrected chi connectivity index (χ2v) is 14.8. The average Bonchev–Trinajstić information content (AvgIpc) is 3.75. The third-order valence-corrected chi connectivity index (χ3v) is 10.7. The van der Waals surface area contributed by atoms with Gasteiger partial charge in [-0.1, -0.05) is 0 Å². The van der Waals surface area contributed by atoms with Crippen LogP contribution in [0.15, 0.2) is 85.5 Å². The minimum Gasteiger partial charge on any atom is -0.483 e. The molecule has 2 saturated carbocycles. The quantitative estimate of drug-likeness (QED) is 0.0595. The lowest BCUT2D eigenvalue weighted by Gasteiger charge is -2.24. The molecule has 8 heterocycles. The van der Waals surface area contributed by atoms with Gasteiger partial charge in [-0.25, -0.2) is 28.7 Å². The van der Waals surface area contributed by atoms with Gasteiger partial charge in [0.15, 0.2) is 11.6 Å². The van der Waals surface area contributed by atoms with Crippen LogP contribution in [-0.2, 0) is 4.79 Å². The Morgan fingerprint density at radius 3 is 1.48 bits per heavy atom. The molecule has 61 heavy (non-hydrogen) atoms. The molecule has 0 aromatic carbocycles. The third kappa shape index (κ3) is 9.22. The first kappa shape index (κ1) is 40.3. The second-order valence-electron chi connectivity index (χ2n) is 14.8. The van der Waals surface area contributed by atoms with Crippen LogP contribution in [0, 0.1) is 0 Å². The van der Waals surface area contributed by atoms with Crippen LogP contribution < -0.4 is 20.4 Å². The maximum atomic E-state index is 13.2. The van der Waals surface area contributed by atoms with Gasteiger partial charge in [0.2, 0.25) is 11.9 Å². The molecule has 7 N–H and O–H groups in total. The number of nitrogens with one attached hydrogen (secondary N) is 6. The summed E-state index contributed by atoms with van der Waals surface area (Å²) in [5.74, 6) is 3.48. The molecule has 2 fully saturated rings. The molecule has 0 amide bonds. The SMILES string of the molecule is C[C@@H](c1ccc2[nH]ccc2n1)N(C)c1nccc(Nc2cc([C@@H]3C[C@H]3F)[nH]n2)n1.C[C@H](c1ccc2[nH]ccc2n1)N(C)c1nccc(Nc2cc([C@@H]3C[C@H]3F)[nH]n2)n1.O=CO. The molecule has 0 saturated heterocycles. The lowest BCUT2D eigenvalue weighted by Crippen LogP contribution is -2.24. The van der Waals surface area contributed by atoms with Crippen molar-refractivity contribution in [2.75, 3.05) is 34.5 Å². The van der Waals surface area contributed by atoms with Crippen LogP contribution in [0.1, 0.15) is 73.4 Å². The first-order valence-electron chi connectivity index (χ1n) is 19.6. The minimum absolute atomic E-state index is 0.0158. The van der Waals surface area contributed by atoms with Gasteiger partial charge in [0.1, 0.15) is 24.0 Å². The van der Waals surface area contributed by atoms with Gasteiger partial charge >= 0.3 is 0 Å². The smallest absolute Gasteiger partial charge is 0.290 e. The monoisotopic (exact) mass is 830 g/mol. The zero-order valence-corrected chi connectivity index (χ0v) is 33.6. The Morgan fingerprint density at radius 2 is 1.08 bits per heavy atom. The number of aromatic amines is 4. The molecule has 0 radical (unpaired) electrons. The summed E-state index contributed by atoms with van der Waals surface area (Å²) >= 11 is 0. The standard InChI is InChI=1S/2C20H21FN8.CH2O2/c2*1-11(14-3-4-15-16(24-14)5-7-22-15)29(2)20-23-8-6-18(26-20)25-19-10-17(27-28-19)12-9-13(12)21;2-1-3/h2*3-8,10-13,22H,9H2,1-2H3,(H2,23,25,26,27,28);1H,(H,2,3)/t11-,12+,13+;11-,12-,13-;/m01./s1. The number of nitrogens with zero attached hydrogens (tertiary/aromatic N) is 10. The van der Waals surface area contributed by atoms with Crippen LogP contribution in [-0.4, -0.2) is 98.3 Å². The molecule has 8 aromatic rings. The highest BCUT2D eigenvalue weighted by atomic mass is 19.1. The molecule has 314 valence electrons. The molecular weight excluding hydrogens is 787 g/mol. The van der Waals surface area contributed by atoms with Crippen molar-refractivity contribution in [1.82, 2.24) is 60.3 Å². The number of fused-ring (bicyclic) bond motifs is 2. The molecule has 0 bridgehead atoms. The number of carboxylic acid groups (broad SMARTS) is 1. The first-order valence-corrected chi connectivity index (χ1v) is 19.6. The van der Waals surface area contributed by atoms with E-state index in [1.807, 2.05) is 84.8 Å². The van der Waals surface area contributed by atoms with Crippen molar-refractivity contribution in [2.45, 2.75) is 63.0 Å². The predicted molar refractivity (Wildman–Crippen MR) is 227 cm³/mol. The summed E-state index contributed by atoms with van der Waals surface area (Å²) in [7, 11) is 3.88. The van der Waals surface area contributed by atoms with Crippen molar-refractivity contribution in [1.29, 1.82) is 0 Å². The van der Waals surface area contributed by atoms with Crippen LogP contribution in [0.5, 0.6) is 0 Å². The number of halogens is 2. The number of hydrogen-bond donors (Lipinski definition) is 7. The zero-order valence-electron chi connectivity index (χ0n) is 33.6. The summed E-state index contributed by atoms with van der Waals surface area (Å²) in [6.45, 7) is 3.88. The van der Waals surface area contributed by atoms with Gasteiger partial charge in [-0.3, -0.25) is 15.0 Å². The van der Waals surface area contributed by atoms with E-state index in [0.29, 0.717) is 48.0 Å². The Bertz CT molecular complexity index is 2550. The summed E-state index contributed by atoms with van der Waals surface area (Å²) in [4.78, 5) is 46.0. The van der Waals surface area contributed by atoms with Crippen molar-refractivity contribution in [3.63, 3.8) is 0 Å². The van der Waals surface area contributed by atoms with Crippen LogP contribution in [0.25, 0.3) is 22.1 Å². The van der Waals surface area contributed by atoms with Crippen molar-refractivity contribution in [2.24, 2.45) is 0 Å². The number of pyridine rings is 2. The van der Waals surface area contributed by atoms with Crippen molar-refractivity contribution in [3.05, 3.63) is 108 Å². The van der Waals surface area contributed by atoms with Gasteiger partial charge in [0.05, 0.1) is 45.5 Å². The second kappa shape index (κ2) is 17.4. The molecule has 0 aliphatic heterocycles. The van der Waals surface area contributed by atoms with Crippen molar-refractivity contribution >= 4 is 63.7 Å². The molecule has 20 heteroatoms. The van der Waals surface area contributed by atoms with E-state index in [4.69, 9.17) is 19.9 Å². The third-order valence-electron chi connectivity index (χ3n) is 10.7. The lowest BCUT2D eigenvalue weighted by atomic mass is 10.2. The van der Waals surface area contributed by atoms with Crippen molar-refractivity contribution in [3.8, 4) is 0 Å². The van der Waals surface area contributed by atoms with E-state index < -0.39 is 12.3 Å². The molecule has 8 aromatic heterocycles. The highest BCUT2D eigenvalue weighted by Gasteiger charge is 2.41. The summed E-state index contributed by atoms with van der Waals surface area (Å²) in [5, 5.41) is 27.4. The van der Waals surface area contributed by atoms with E-state index in [0.717, 1.165) is 44.8 Å². The molecule has 10 rings (SSSR count). The molecule has 2 aliphatic rings. The average molecular weight is 831 g/mol. The maximum absolute atomic E-state index is 13.2. The molecule has 0 unspecified atom stereocenters. The number of rotatable bonds is 12. The molecule has 0 spiro atoms. The number of aromatic nitrogens is 12. The van der Waals surface area contributed by atoms with E-state index in [1.54, 1.807) is 24.5 Å². The van der Waals surface area contributed by atoms with E-state index in [1.165, 1.54) is 0 Å². The highest BCUT2D eigenvalue weighted by molar-refractivity contribution is 5.75. The lowest BCUT2D eigenvalue weighted by molar-refractivity contribution is -0.122. The largest absolute Gasteiger partial charge is 0.483 e. The fraction of sp³-hybridized carbons (Fsp3) is 0.293. The van der Waals surface area contributed by atoms with Gasteiger partial charge in [0.25, 0.3) is 6.47 Å². The number of carbonyl (C=O) groups is 1. The van der Waals surface area contributed by atoms with Gasteiger partial charge in [-0.2, -0.15) is 20.2 Å². The summed E-state index contributed by atoms with van der Waals surface area (Å²) in [6.07, 6.45) is 6.75. The normalized spacial score (nSPS) is 18.5. The van der Waals surface area contributed by atoms with Gasteiger partial charge in [-0.15, -0.1) is 0 Å². The topological polar surface area (TPSA) is 234 Å². The Kier molecular flexibility index (Phi) is 11.5. The zero-order chi connectivity index (χ0) is 42.6. The van der Waals surface area contributed by atoms with Gasteiger partial charge in [0, 0.05) is 74.2 Å². The fourth-order valence-electron chi connectivity index (χ4n) is 6.70. The molecule has 6 atom stereocenters. The molecule has 18 nitrogen and oxygen atoms in total. The number of anilines is 6. The summed E-state index contributed by atoms with van der Waals surface area (Å²) < 4.78 is 26.4. The van der Waals surface area contributed by atoms with Crippen molar-refractivity contribution < 1.29 is 18.7 Å². The summed E-state index contributed by atoms with van der Waals surface area (Å²) in [5.41, 5.74) is 7.37. The minimum atomic E-state index is -0.761. The number of H-pyrrole nitrogens is 4. The van der Waals surface area contributed by atoms with E-state index >= 15 is 0 Å². The van der Waals surface area contributed by atoms with Crippen LogP contribution in [0.4, 0.5) is 43.9 Å². The Hall–Kier alpha value is -7.51. The van der Waals surface area contributed by atoms with Gasteiger partial charge in [-0.05, 0) is 75.2 Å². The number of hydrogen-bond acceptors (Lipinski definition) is 13. The van der Waals surface area contributed by atoms with Gasteiger partial charge < -0.3 is 35.5 Å². The Labute approximate surface area is 347 Å². The molecule has 2 aliphatic carbocycles. The molecular formula is C41H44F2N16O2. The fourth-order valence-corrected chi connectivity index (χ4v) is 6.70. The van der Waals surface area contributed by atoms with Crippen LogP contribution >= 0.6 is 0 Å². The highest BCUT2D eigenvalue weighted by Crippen LogP contribution is 2.44. The summed E-state index contributed by atoms with van der Waals surface area (Å²) in [6, 6.07) is 19.1.